The van der Waals surface area contributed by atoms with Gasteiger partial charge in [-0.1, -0.05) is 0 Å². The Labute approximate surface area is 224 Å². The molecule has 1 aromatic heterocycles. The van der Waals surface area contributed by atoms with Gasteiger partial charge in [0.25, 0.3) is 5.91 Å². The number of nitrogens with zero attached hydrogens (tertiary/aromatic N) is 2. The number of amides is 1. The van der Waals surface area contributed by atoms with Crippen LogP contribution in [0.15, 0.2) is 40.3 Å². The van der Waals surface area contributed by atoms with Crippen LogP contribution in [0, 0.1) is 11.7 Å². The number of halogens is 7. The van der Waals surface area contributed by atoms with Crippen molar-refractivity contribution in [2.75, 3.05) is 25.4 Å². The van der Waals surface area contributed by atoms with E-state index in [2.05, 4.69) is 9.72 Å². The first-order chi connectivity index (χ1) is 18.3. The number of likely N-dealkylation sites (tertiary alicyclic amines) is 1. The maximum absolute atomic E-state index is 14.3. The fourth-order valence-electron chi connectivity index (χ4n) is 3.99. The summed E-state index contributed by atoms with van der Waals surface area (Å²) in [5, 5.41) is 4.90. The number of sulfone groups is 1. The number of rotatable bonds is 8. The molecule has 1 saturated heterocycles. The topological polar surface area (TPSA) is 137 Å². The quantitative estimate of drug-likeness (QED) is 0.446. The predicted molar refractivity (Wildman–Crippen MR) is 124 cm³/mol. The van der Waals surface area contributed by atoms with Crippen LogP contribution >= 0.6 is 0 Å². The Hall–Kier alpha value is -2.99. The van der Waals surface area contributed by atoms with E-state index in [1.807, 2.05) is 0 Å². The molecule has 9 nitrogen and oxygen atoms in total. The summed E-state index contributed by atoms with van der Waals surface area (Å²) in [6.45, 7) is -1.93. The van der Waals surface area contributed by atoms with Gasteiger partial charge in [0.15, 0.2) is 16.4 Å². The lowest BCUT2D eigenvalue weighted by atomic mass is 9.94. The van der Waals surface area contributed by atoms with E-state index in [4.69, 9.17) is 5.14 Å². The van der Waals surface area contributed by atoms with Crippen LogP contribution in [0.2, 0.25) is 0 Å². The number of alkyl halides is 6. The van der Waals surface area contributed by atoms with E-state index < -0.39 is 83.1 Å². The Morgan fingerprint density at radius 1 is 1.05 bits per heavy atom. The summed E-state index contributed by atoms with van der Waals surface area (Å²) in [4.78, 5) is 15.9. The third kappa shape index (κ3) is 8.03. The lowest BCUT2D eigenvalue weighted by Crippen LogP contribution is -2.39. The van der Waals surface area contributed by atoms with Crippen molar-refractivity contribution in [3.63, 3.8) is 0 Å². The highest BCUT2D eigenvalue weighted by Gasteiger charge is 2.38. The van der Waals surface area contributed by atoms with E-state index >= 15 is 0 Å². The number of benzene rings is 1. The molecule has 0 bridgehead atoms. The molecule has 0 aliphatic carbocycles. The van der Waals surface area contributed by atoms with Crippen LogP contribution in [-0.4, -0.2) is 64.3 Å². The minimum Gasteiger partial charge on any atom is -0.468 e. The molecule has 0 radical (unpaired) electrons. The Kier molecular flexibility index (Phi) is 9.05. The highest BCUT2D eigenvalue weighted by molar-refractivity contribution is 7.91. The Bertz CT molecular complexity index is 1470. The van der Waals surface area contributed by atoms with Crippen molar-refractivity contribution in [1.82, 2.24) is 9.88 Å². The molecule has 1 aliphatic heterocycles. The molecule has 1 fully saturated rings. The maximum atomic E-state index is 14.3. The number of primary sulfonamides is 1. The Morgan fingerprint density at radius 2 is 1.68 bits per heavy atom. The zero-order valence-corrected chi connectivity index (χ0v) is 21.9. The molecule has 3 rings (SSSR count). The number of hydrogen-bond donors (Lipinski definition) is 1. The van der Waals surface area contributed by atoms with Crippen molar-refractivity contribution in [3.05, 3.63) is 47.4 Å². The Morgan fingerprint density at radius 3 is 2.20 bits per heavy atom. The fraction of sp³-hybridized carbons (Fsp3) is 0.455. The van der Waals surface area contributed by atoms with Crippen molar-refractivity contribution >= 4 is 25.8 Å². The molecule has 40 heavy (non-hydrogen) atoms. The summed E-state index contributed by atoms with van der Waals surface area (Å²) >= 11 is 0. The number of nitrogens with two attached hydrogens (primary N) is 1. The zero-order valence-electron chi connectivity index (χ0n) is 20.3. The molecule has 2 heterocycles. The van der Waals surface area contributed by atoms with Gasteiger partial charge in [-0.25, -0.2) is 31.3 Å². The van der Waals surface area contributed by atoms with Gasteiger partial charge in [0.2, 0.25) is 15.9 Å². The third-order valence-electron chi connectivity index (χ3n) is 6.04. The second-order valence-electron chi connectivity index (χ2n) is 8.96. The van der Waals surface area contributed by atoms with Crippen molar-refractivity contribution in [2.45, 2.75) is 41.4 Å². The van der Waals surface area contributed by atoms with Gasteiger partial charge in [-0.15, -0.1) is 0 Å². The van der Waals surface area contributed by atoms with E-state index in [1.165, 1.54) is 4.90 Å². The fourth-order valence-corrected chi connectivity index (χ4v) is 6.01. The molecule has 222 valence electrons. The molecule has 0 saturated carbocycles. The van der Waals surface area contributed by atoms with Crippen LogP contribution < -0.4 is 9.88 Å². The molecule has 18 heteroatoms. The SMILES string of the molecule is NS(=O)(=O)c1ccc(S(=O)(=O)CCC2CCN(C(=O)c3cnc(OCC(F)(F)F)c(C(F)(F)F)c3)CC2)c(F)c1. The summed E-state index contributed by atoms with van der Waals surface area (Å²) in [5.74, 6) is -4.20. The maximum Gasteiger partial charge on any atom is 0.422 e. The van der Waals surface area contributed by atoms with Gasteiger partial charge < -0.3 is 9.64 Å². The molecule has 2 N–H and O–H groups in total. The van der Waals surface area contributed by atoms with Crippen LogP contribution in [0.3, 0.4) is 0 Å². The first-order valence-electron chi connectivity index (χ1n) is 11.4. The van der Waals surface area contributed by atoms with Gasteiger partial charge in [-0.2, -0.15) is 26.3 Å². The average molecular weight is 622 g/mol. The normalized spacial score (nSPS) is 15.8. The van der Waals surface area contributed by atoms with Crippen LogP contribution in [0.1, 0.15) is 35.2 Å². The number of piperidine rings is 1. The second-order valence-corrected chi connectivity index (χ2v) is 12.6. The summed E-state index contributed by atoms with van der Waals surface area (Å²) < 4.78 is 143. The molecule has 0 unspecified atom stereocenters. The number of ether oxygens (including phenoxy) is 1. The molecule has 2 aromatic rings. The van der Waals surface area contributed by atoms with Gasteiger partial charge in [0, 0.05) is 19.3 Å². The molecule has 1 aromatic carbocycles. The van der Waals surface area contributed by atoms with E-state index in [0.717, 1.165) is 12.1 Å². The van der Waals surface area contributed by atoms with E-state index in [-0.39, 0.29) is 38.3 Å². The van der Waals surface area contributed by atoms with Crippen molar-refractivity contribution < 1.29 is 57.1 Å². The van der Waals surface area contributed by atoms with Gasteiger partial charge in [0.05, 0.1) is 16.2 Å². The lowest BCUT2D eigenvalue weighted by Gasteiger charge is -2.32. The molecular formula is C22H22F7N3O6S2. The standard InChI is InChI=1S/C22H22F7N3O6S2/c23-17-10-15(40(30,36)37)1-2-18(17)39(34,35)8-5-13-3-6-32(7-4-13)20(33)14-9-16(22(27,28)29)19(31-11-14)38-12-21(24,25)26/h1-2,9-11,13H,3-8,12H2,(H2,30,36,37). The van der Waals surface area contributed by atoms with Crippen LogP contribution in [0.25, 0.3) is 0 Å². The largest absolute Gasteiger partial charge is 0.468 e. The highest BCUT2D eigenvalue weighted by Crippen LogP contribution is 2.36. The Balaban J connectivity index is 1.63. The summed E-state index contributed by atoms with van der Waals surface area (Å²) in [7, 11) is -8.39. The lowest BCUT2D eigenvalue weighted by molar-refractivity contribution is -0.159. The number of carbonyl (C=O) groups excluding carboxylic acids is 1. The molecule has 0 spiro atoms. The van der Waals surface area contributed by atoms with E-state index in [0.29, 0.717) is 18.3 Å². The average Bonchev–Trinajstić information content (AvgIpc) is 2.84. The predicted octanol–water partition coefficient (Wildman–Crippen LogP) is 3.54. The van der Waals surface area contributed by atoms with Gasteiger partial charge in [-0.3, -0.25) is 4.79 Å². The van der Waals surface area contributed by atoms with Crippen molar-refractivity contribution in [1.29, 1.82) is 0 Å². The van der Waals surface area contributed by atoms with Crippen LogP contribution in [-0.2, 0) is 26.0 Å². The zero-order chi connectivity index (χ0) is 30.1. The first kappa shape index (κ1) is 31.5. The number of aromatic nitrogens is 1. The smallest absolute Gasteiger partial charge is 0.422 e. The van der Waals surface area contributed by atoms with E-state index in [9.17, 15) is 52.4 Å². The molecule has 1 aliphatic rings. The molecular weight excluding hydrogens is 599 g/mol. The van der Waals surface area contributed by atoms with E-state index in [1.54, 1.807) is 0 Å². The number of pyridine rings is 1. The molecule has 1 amide bonds. The second kappa shape index (κ2) is 11.5. The van der Waals surface area contributed by atoms with Crippen LogP contribution in [0.4, 0.5) is 30.7 Å². The minimum absolute atomic E-state index is 0.0364. The number of carbonyl (C=O) groups is 1. The monoisotopic (exact) mass is 621 g/mol. The molecule has 0 atom stereocenters. The summed E-state index contributed by atoms with van der Waals surface area (Å²) in [6, 6.07) is 2.52. The first-order valence-corrected chi connectivity index (χ1v) is 14.6. The van der Waals surface area contributed by atoms with Gasteiger partial charge in [-0.05, 0) is 49.4 Å². The highest BCUT2D eigenvalue weighted by atomic mass is 32.2. The van der Waals surface area contributed by atoms with Crippen molar-refractivity contribution in [3.8, 4) is 5.88 Å². The summed E-state index contributed by atoms with van der Waals surface area (Å²) in [5.41, 5.74) is -2.17. The minimum atomic E-state index is -5.15. The van der Waals surface area contributed by atoms with Crippen molar-refractivity contribution in [2.24, 2.45) is 11.1 Å². The van der Waals surface area contributed by atoms with Gasteiger partial charge in [0.1, 0.15) is 16.3 Å². The third-order valence-corrected chi connectivity index (χ3v) is 8.72. The number of hydrogen-bond acceptors (Lipinski definition) is 7. The van der Waals surface area contributed by atoms with Gasteiger partial charge >= 0.3 is 12.4 Å². The number of sulfonamides is 1. The van der Waals surface area contributed by atoms with Crippen LogP contribution in [0.5, 0.6) is 5.88 Å². The summed E-state index contributed by atoms with van der Waals surface area (Å²) in [6.07, 6.45) is -8.79.